The fourth-order valence-electron chi connectivity index (χ4n) is 1.56. The Morgan fingerprint density at radius 3 is 2.47 bits per heavy atom. The number of H-pyrrole nitrogens is 1. The van der Waals surface area contributed by atoms with Crippen molar-refractivity contribution in [2.45, 2.75) is 6.92 Å². The monoisotopic (exact) mass is 231 g/mol. The van der Waals surface area contributed by atoms with E-state index in [9.17, 15) is 9.90 Å². The third-order valence-electron chi connectivity index (χ3n) is 2.48. The Balaban J connectivity index is 2.60. The highest BCUT2D eigenvalue weighted by molar-refractivity contribution is 5.68. The minimum atomic E-state index is -0.370. The van der Waals surface area contributed by atoms with E-state index in [4.69, 9.17) is 0 Å². The molecule has 1 aromatic heterocycles. The fraction of sp³-hybridized carbons (Fsp3) is 0.167. The molecule has 0 saturated heterocycles. The molecular weight excluding hydrogens is 218 g/mol. The Hall–Kier alpha value is -2.30. The molecule has 2 aromatic rings. The van der Waals surface area contributed by atoms with Crippen molar-refractivity contribution in [3.05, 3.63) is 40.2 Å². The van der Waals surface area contributed by atoms with Crippen LogP contribution in [0.5, 0.6) is 5.88 Å². The van der Waals surface area contributed by atoms with E-state index in [-0.39, 0.29) is 23.0 Å². The molecule has 0 saturated carbocycles. The Bertz CT molecular complexity index is 588. The number of aromatic hydroxyl groups is 1. The summed E-state index contributed by atoms with van der Waals surface area (Å²) in [7, 11) is 1.61. The van der Waals surface area contributed by atoms with Crippen molar-refractivity contribution in [3.8, 4) is 17.0 Å². The van der Waals surface area contributed by atoms with Crippen molar-refractivity contribution in [2.24, 2.45) is 0 Å². The Kier molecular flexibility index (Phi) is 2.82. The molecule has 1 heterocycles. The van der Waals surface area contributed by atoms with Crippen LogP contribution in [0.1, 0.15) is 5.56 Å². The van der Waals surface area contributed by atoms with Crippen molar-refractivity contribution in [1.82, 2.24) is 9.97 Å². The molecule has 1 aromatic carbocycles. The third-order valence-corrected chi connectivity index (χ3v) is 2.48. The summed E-state index contributed by atoms with van der Waals surface area (Å²) in [5.41, 5.74) is 1.55. The number of rotatable bonds is 2. The first kappa shape index (κ1) is 11.2. The zero-order valence-electron chi connectivity index (χ0n) is 9.61. The first-order chi connectivity index (χ1) is 8.11. The van der Waals surface area contributed by atoms with Crippen LogP contribution in [0.4, 0.5) is 5.95 Å². The lowest BCUT2D eigenvalue weighted by atomic mass is 10.1. The number of aromatic amines is 1. The summed E-state index contributed by atoms with van der Waals surface area (Å²) >= 11 is 0. The highest BCUT2D eigenvalue weighted by atomic mass is 16.3. The van der Waals surface area contributed by atoms with Gasteiger partial charge in [-0.1, -0.05) is 29.8 Å². The van der Waals surface area contributed by atoms with Crippen molar-refractivity contribution in [2.75, 3.05) is 12.4 Å². The predicted molar refractivity (Wildman–Crippen MR) is 66.2 cm³/mol. The molecule has 88 valence electrons. The topological polar surface area (TPSA) is 78.0 Å². The number of aromatic nitrogens is 2. The largest absolute Gasteiger partial charge is 0.493 e. The average molecular weight is 231 g/mol. The molecule has 0 atom stereocenters. The molecule has 5 heteroatoms. The predicted octanol–water partition coefficient (Wildman–Crippen LogP) is 1.49. The van der Waals surface area contributed by atoms with Gasteiger partial charge in [-0.25, -0.2) is 0 Å². The van der Waals surface area contributed by atoms with Crippen LogP contribution in [0.25, 0.3) is 11.1 Å². The van der Waals surface area contributed by atoms with E-state index in [0.717, 1.165) is 5.56 Å². The lowest BCUT2D eigenvalue weighted by Crippen LogP contribution is -2.13. The molecule has 3 N–H and O–H groups in total. The molecule has 0 aliphatic carbocycles. The quantitative estimate of drug-likeness (QED) is 0.731. The van der Waals surface area contributed by atoms with Gasteiger partial charge in [-0.15, -0.1) is 0 Å². The van der Waals surface area contributed by atoms with Gasteiger partial charge >= 0.3 is 0 Å². The standard InChI is InChI=1S/C12H13N3O2/c1-7-3-5-8(6-4-7)9-10(16)14-12(13-2)15-11(9)17/h3-6H,1-2H3,(H3,13,14,15,16,17). The zero-order chi connectivity index (χ0) is 12.4. The van der Waals surface area contributed by atoms with E-state index in [0.29, 0.717) is 5.56 Å². The van der Waals surface area contributed by atoms with Crippen LogP contribution in [-0.4, -0.2) is 22.1 Å². The second-order valence-electron chi connectivity index (χ2n) is 3.73. The maximum atomic E-state index is 11.8. The molecule has 2 rings (SSSR count). The van der Waals surface area contributed by atoms with Gasteiger partial charge in [0.05, 0.1) is 0 Å². The summed E-state index contributed by atoms with van der Waals surface area (Å²) in [6.07, 6.45) is 0. The van der Waals surface area contributed by atoms with E-state index < -0.39 is 0 Å². The van der Waals surface area contributed by atoms with Gasteiger partial charge in [0.15, 0.2) is 0 Å². The van der Waals surface area contributed by atoms with Gasteiger partial charge in [0.25, 0.3) is 5.56 Å². The summed E-state index contributed by atoms with van der Waals surface area (Å²) in [6.45, 7) is 1.95. The minimum absolute atomic E-state index is 0.184. The van der Waals surface area contributed by atoms with Crippen molar-refractivity contribution < 1.29 is 5.11 Å². The summed E-state index contributed by atoms with van der Waals surface area (Å²) in [4.78, 5) is 18.2. The van der Waals surface area contributed by atoms with Crippen LogP contribution in [0.2, 0.25) is 0 Å². The van der Waals surface area contributed by atoms with Gasteiger partial charge in [0.1, 0.15) is 5.56 Å². The van der Waals surface area contributed by atoms with Gasteiger partial charge < -0.3 is 10.4 Å². The maximum Gasteiger partial charge on any atom is 0.264 e. The fourth-order valence-corrected chi connectivity index (χ4v) is 1.56. The molecule has 0 unspecified atom stereocenters. The Labute approximate surface area is 98.2 Å². The zero-order valence-corrected chi connectivity index (χ0v) is 9.61. The maximum absolute atomic E-state index is 11.8. The number of anilines is 1. The smallest absolute Gasteiger partial charge is 0.264 e. The molecular formula is C12H13N3O2. The van der Waals surface area contributed by atoms with Crippen LogP contribution in [0.15, 0.2) is 29.1 Å². The molecule has 0 aliphatic heterocycles. The molecule has 0 aliphatic rings. The number of hydrogen-bond donors (Lipinski definition) is 3. The molecule has 0 spiro atoms. The van der Waals surface area contributed by atoms with Crippen LogP contribution in [0, 0.1) is 6.92 Å². The first-order valence-electron chi connectivity index (χ1n) is 5.20. The second kappa shape index (κ2) is 4.29. The van der Waals surface area contributed by atoms with Gasteiger partial charge in [0, 0.05) is 7.05 Å². The number of nitrogens with one attached hydrogen (secondary N) is 2. The highest BCUT2D eigenvalue weighted by Crippen LogP contribution is 2.23. The van der Waals surface area contributed by atoms with E-state index in [1.807, 2.05) is 19.1 Å². The highest BCUT2D eigenvalue weighted by Gasteiger charge is 2.12. The first-order valence-corrected chi connectivity index (χ1v) is 5.20. The number of nitrogens with zero attached hydrogens (tertiary/aromatic N) is 1. The summed E-state index contributed by atoms with van der Waals surface area (Å²) in [5.74, 6) is -0.0367. The average Bonchev–Trinajstić information content (AvgIpc) is 2.30. The summed E-state index contributed by atoms with van der Waals surface area (Å²) in [6, 6.07) is 7.31. The van der Waals surface area contributed by atoms with Crippen LogP contribution >= 0.6 is 0 Å². The van der Waals surface area contributed by atoms with E-state index >= 15 is 0 Å². The van der Waals surface area contributed by atoms with Gasteiger partial charge in [-0.2, -0.15) is 4.98 Å². The molecule has 17 heavy (non-hydrogen) atoms. The van der Waals surface area contributed by atoms with E-state index in [1.165, 1.54) is 0 Å². The van der Waals surface area contributed by atoms with E-state index in [1.54, 1.807) is 19.2 Å². The Morgan fingerprint density at radius 1 is 1.29 bits per heavy atom. The van der Waals surface area contributed by atoms with Crippen molar-refractivity contribution >= 4 is 5.95 Å². The molecule has 0 amide bonds. The molecule has 0 fully saturated rings. The Morgan fingerprint density at radius 2 is 1.94 bits per heavy atom. The van der Waals surface area contributed by atoms with Crippen LogP contribution < -0.4 is 10.9 Å². The SMILES string of the molecule is CNc1nc(O)c(-c2ccc(C)cc2)c(=O)[nH]1. The minimum Gasteiger partial charge on any atom is -0.493 e. The molecule has 0 radical (unpaired) electrons. The number of hydrogen-bond acceptors (Lipinski definition) is 4. The third kappa shape index (κ3) is 2.13. The lowest BCUT2D eigenvalue weighted by Gasteiger charge is -2.05. The molecule has 5 nitrogen and oxygen atoms in total. The van der Waals surface area contributed by atoms with Gasteiger partial charge in [-0.3, -0.25) is 9.78 Å². The van der Waals surface area contributed by atoms with Crippen LogP contribution in [-0.2, 0) is 0 Å². The number of aryl methyl sites for hydroxylation is 1. The lowest BCUT2D eigenvalue weighted by molar-refractivity contribution is 0.454. The molecule has 0 bridgehead atoms. The van der Waals surface area contributed by atoms with Crippen molar-refractivity contribution in [3.63, 3.8) is 0 Å². The number of benzene rings is 1. The normalized spacial score (nSPS) is 10.2. The van der Waals surface area contributed by atoms with Crippen LogP contribution in [0.3, 0.4) is 0 Å². The van der Waals surface area contributed by atoms with Crippen molar-refractivity contribution in [1.29, 1.82) is 0 Å². The summed E-state index contributed by atoms with van der Waals surface area (Å²) in [5, 5.41) is 12.4. The second-order valence-corrected chi connectivity index (χ2v) is 3.73. The summed E-state index contributed by atoms with van der Waals surface area (Å²) < 4.78 is 0. The van der Waals surface area contributed by atoms with Gasteiger partial charge in [0.2, 0.25) is 11.8 Å². The van der Waals surface area contributed by atoms with Gasteiger partial charge in [-0.05, 0) is 12.5 Å². The van der Waals surface area contributed by atoms with E-state index in [2.05, 4.69) is 15.3 Å².